The van der Waals surface area contributed by atoms with Crippen LogP contribution in [0, 0.1) is 0 Å². The predicted octanol–water partition coefficient (Wildman–Crippen LogP) is 1.92. The highest BCUT2D eigenvalue weighted by Crippen LogP contribution is 2.22. The van der Waals surface area contributed by atoms with Crippen LogP contribution in [0.4, 0.5) is 4.79 Å². The molecule has 2 rings (SSSR count). The highest BCUT2D eigenvalue weighted by atomic mass is 32.2. The van der Waals surface area contributed by atoms with Crippen molar-refractivity contribution in [2.45, 2.75) is 31.5 Å². The molecule has 128 valence electrons. The fourth-order valence-electron chi connectivity index (χ4n) is 2.15. The number of para-hydroxylation sites is 1. The van der Waals surface area contributed by atoms with Crippen molar-refractivity contribution in [3.05, 3.63) is 34.6 Å². The van der Waals surface area contributed by atoms with E-state index < -0.39 is 11.9 Å². The Kier molecular flexibility index (Phi) is 5.97. The van der Waals surface area contributed by atoms with Gasteiger partial charge in [-0.15, -0.1) is 0 Å². The fraction of sp³-hybridized carbons (Fsp3) is 0.375. The molecule has 1 atom stereocenters. The Bertz CT molecular complexity index is 819. The van der Waals surface area contributed by atoms with E-state index in [-0.39, 0.29) is 17.4 Å². The first-order chi connectivity index (χ1) is 11.5. The van der Waals surface area contributed by atoms with Crippen LogP contribution in [-0.4, -0.2) is 34.3 Å². The second-order valence-corrected chi connectivity index (χ2v) is 6.20. The fourth-order valence-corrected chi connectivity index (χ4v) is 3.05. The van der Waals surface area contributed by atoms with E-state index in [0.29, 0.717) is 16.1 Å². The van der Waals surface area contributed by atoms with Crippen LogP contribution < -0.4 is 16.2 Å². The van der Waals surface area contributed by atoms with Gasteiger partial charge in [-0.1, -0.05) is 30.8 Å². The number of nitrogens with zero attached hydrogens (tertiary/aromatic N) is 2. The molecule has 24 heavy (non-hydrogen) atoms. The highest BCUT2D eigenvalue weighted by Gasteiger charge is 2.17. The van der Waals surface area contributed by atoms with E-state index in [0.717, 1.165) is 18.2 Å². The zero-order valence-corrected chi connectivity index (χ0v) is 14.6. The molecule has 2 N–H and O–H groups in total. The zero-order chi connectivity index (χ0) is 17.7. The number of rotatable bonds is 5. The van der Waals surface area contributed by atoms with Crippen LogP contribution >= 0.6 is 11.8 Å². The van der Waals surface area contributed by atoms with Gasteiger partial charge in [-0.25, -0.2) is 9.78 Å². The van der Waals surface area contributed by atoms with Gasteiger partial charge in [0.25, 0.3) is 5.56 Å². The van der Waals surface area contributed by atoms with Gasteiger partial charge in [0, 0.05) is 13.1 Å². The summed E-state index contributed by atoms with van der Waals surface area (Å²) in [7, 11) is 1.43. The summed E-state index contributed by atoms with van der Waals surface area (Å²) >= 11 is 1.14. The summed E-state index contributed by atoms with van der Waals surface area (Å²) < 4.78 is 1.61. The minimum Gasteiger partial charge on any atom is -0.341 e. The maximum Gasteiger partial charge on any atom is 0.321 e. The predicted molar refractivity (Wildman–Crippen MR) is 94.3 cm³/mol. The number of carbonyl (C=O) groups is 2. The van der Waals surface area contributed by atoms with Gasteiger partial charge in [-0.2, -0.15) is 0 Å². The molecule has 2 aromatic rings. The maximum atomic E-state index is 12.8. The monoisotopic (exact) mass is 348 g/mol. The first-order valence-corrected chi connectivity index (χ1v) is 8.62. The van der Waals surface area contributed by atoms with Gasteiger partial charge in [-0.3, -0.25) is 19.5 Å². The third kappa shape index (κ3) is 3.94. The van der Waals surface area contributed by atoms with Crippen LogP contribution in [0.15, 0.2) is 34.2 Å². The molecule has 0 radical (unpaired) electrons. The average molecular weight is 348 g/mol. The van der Waals surface area contributed by atoms with Crippen molar-refractivity contribution in [3.63, 3.8) is 0 Å². The van der Waals surface area contributed by atoms with Crippen molar-refractivity contribution in [1.29, 1.82) is 0 Å². The topological polar surface area (TPSA) is 93.1 Å². The summed E-state index contributed by atoms with van der Waals surface area (Å²) in [6.07, 6.45) is 0.762. The van der Waals surface area contributed by atoms with Crippen LogP contribution in [0.25, 0.3) is 10.9 Å². The molecule has 0 bridgehead atoms. The molecule has 1 aromatic carbocycles. The van der Waals surface area contributed by atoms with Gasteiger partial charge >= 0.3 is 6.03 Å². The Morgan fingerprint density at radius 3 is 2.71 bits per heavy atom. The number of fused-ring (bicyclic) bond motifs is 1. The Labute approximate surface area is 143 Å². The van der Waals surface area contributed by atoms with E-state index >= 15 is 0 Å². The number of thioether (sulfide) groups is 1. The van der Waals surface area contributed by atoms with E-state index in [9.17, 15) is 14.4 Å². The maximum absolute atomic E-state index is 12.8. The second-order valence-electron chi connectivity index (χ2n) is 5.26. The van der Waals surface area contributed by atoms with E-state index in [2.05, 4.69) is 15.6 Å². The molecule has 0 aliphatic rings. The summed E-state index contributed by atoms with van der Waals surface area (Å²) in [4.78, 5) is 40.2. The van der Waals surface area contributed by atoms with Gasteiger partial charge in [0.05, 0.1) is 16.7 Å². The van der Waals surface area contributed by atoms with Crippen LogP contribution in [0.5, 0.6) is 0 Å². The molecule has 1 heterocycles. The molecular weight excluding hydrogens is 328 g/mol. The van der Waals surface area contributed by atoms with Gasteiger partial charge in [0.15, 0.2) is 5.16 Å². The number of hydrogen-bond donors (Lipinski definition) is 2. The highest BCUT2D eigenvalue weighted by molar-refractivity contribution is 7.99. The Hall–Kier alpha value is -2.35. The molecular formula is C16H20N4O3S. The number of amides is 3. The lowest BCUT2D eigenvalue weighted by Crippen LogP contribution is -2.38. The molecule has 0 aliphatic heterocycles. The van der Waals surface area contributed by atoms with E-state index in [4.69, 9.17) is 0 Å². The standard InChI is InChI=1S/C16H20N4O3S/c1-4-10(2)20-14(22)11-7-5-6-8-12(11)18-16(20)24-9-13(21)19-15(23)17-3/h5-8,10H,4,9H2,1-3H3,(H2,17,19,21,23)/t10-/m1/s1. The van der Waals surface area contributed by atoms with Crippen LogP contribution in [-0.2, 0) is 4.79 Å². The van der Waals surface area contributed by atoms with Crippen molar-refractivity contribution in [1.82, 2.24) is 20.2 Å². The van der Waals surface area contributed by atoms with E-state index in [1.165, 1.54) is 7.05 Å². The summed E-state index contributed by atoms with van der Waals surface area (Å²) in [6, 6.07) is 6.53. The molecule has 7 nitrogen and oxygen atoms in total. The van der Waals surface area contributed by atoms with Crippen molar-refractivity contribution in [2.75, 3.05) is 12.8 Å². The number of hydrogen-bond acceptors (Lipinski definition) is 5. The molecule has 0 saturated heterocycles. The molecule has 0 fully saturated rings. The molecule has 0 unspecified atom stereocenters. The minimum atomic E-state index is -0.564. The average Bonchev–Trinajstić information content (AvgIpc) is 2.59. The number of nitrogens with one attached hydrogen (secondary N) is 2. The normalized spacial score (nSPS) is 12.0. The summed E-state index contributed by atoms with van der Waals surface area (Å²) in [5, 5.41) is 5.53. The zero-order valence-electron chi connectivity index (χ0n) is 13.8. The quantitative estimate of drug-likeness (QED) is 0.636. The SMILES string of the molecule is CC[C@@H](C)n1c(SCC(=O)NC(=O)NC)nc2ccccc2c1=O. The smallest absolute Gasteiger partial charge is 0.321 e. The van der Waals surface area contributed by atoms with Gasteiger partial charge in [0.1, 0.15) is 0 Å². The lowest BCUT2D eigenvalue weighted by molar-refractivity contribution is -0.117. The van der Waals surface area contributed by atoms with E-state index in [1.807, 2.05) is 19.9 Å². The number of benzene rings is 1. The largest absolute Gasteiger partial charge is 0.341 e. The van der Waals surface area contributed by atoms with Gasteiger partial charge in [0.2, 0.25) is 5.91 Å². The number of carbonyl (C=O) groups excluding carboxylic acids is 2. The molecule has 0 aliphatic carbocycles. The number of imide groups is 1. The van der Waals surface area contributed by atoms with Gasteiger partial charge in [-0.05, 0) is 25.5 Å². The first-order valence-electron chi connectivity index (χ1n) is 7.63. The molecule has 0 saturated carbocycles. The Morgan fingerprint density at radius 1 is 1.33 bits per heavy atom. The lowest BCUT2D eigenvalue weighted by Gasteiger charge is -2.18. The summed E-state index contributed by atoms with van der Waals surface area (Å²) in [6.45, 7) is 3.92. The molecule has 8 heteroatoms. The Morgan fingerprint density at radius 2 is 2.04 bits per heavy atom. The van der Waals surface area contributed by atoms with Crippen LogP contribution in [0.2, 0.25) is 0 Å². The van der Waals surface area contributed by atoms with Crippen molar-refractivity contribution in [3.8, 4) is 0 Å². The van der Waals surface area contributed by atoms with Gasteiger partial charge < -0.3 is 5.32 Å². The third-order valence-corrected chi connectivity index (χ3v) is 4.57. The van der Waals surface area contributed by atoms with Crippen LogP contribution in [0.1, 0.15) is 26.3 Å². The molecule has 0 spiro atoms. The third-order valence-electron chi connectivity index (χ3n) is 3.62. The Balaban J connectivity index is 2.35. The first kappa shape index (κ1) is 18.0. The number of urea groups is 1. The second kappa shape index (κ2) is 7.96. The van der Waals surface area contributed by atoms with Crippen molar-refractivity contribution in [2.24, 2.45) is 0 Å². The summed E-state index contributed by atoms with van der Waals surface area (Å²) in [5.74, 6) is -0.452. The minimum absolute atomic E-state index is 0.00532. The number of aromatic nitrogens is 2. The lowest BCUT2D eigenvalue weighted by atomic mass is 10.2. The molecule has 1 aromatic heterocycles. The van der Waals surface area contributed by atoms with Crippen molar-refractivity contribution < 1.29 is 9.59 Å². The van der Waals surface area contributed by atoms with Crippen molar-refractivity contribution >= 4 is 34.6 Å². The van der Waals surface area contributed by atoms with Crippen LogP contribution in [0.3, 0.4) is 0 Å². The van der Waals surface area contributed by atoms with E-state index in [1.54, 1.807) is 22.8 Å². The summed E-state index contributed by atoms with van der Waals surface area (Å²) in [5.41, 5.74) is 0.473. The molecule has 3 amide bonds.